The molecule has 2 rings (SSSR count). The fourth-order valence-electron chi connectivity index (χ4n) is 1.57. The van der Waals surface area contributed by atoms with Crippen molar-refractivity contribution in [1.82, 2.24) is 0 Å². The van der Waals surface area contributed by atoms with Gasteiger partial charge in [-0.2, -0.15) is 9.83 Å². The first-order valence-electron chi connectivity index (χ1n) is 5.27. The van der Waals surface area contributed by atoms with Crippen LogP contribution in [0.5, 0.6) is 0 Å². The molecule has 1 aromatic heterocycles. The van der Waals surface area contributed by atoms with E-state index in [1.807, 2.05) is 24.3 Å². The van der Waals surface area contributed by atoms with Crippen LogP contribution in [-0.4, -0.2) is 5.78 Å². The van der Waals surface area contributed by atoms with Crippen LogP contribution in [0.15, 0.2) is 54.9 Å². The van der Waals surface area contributed by atoms with E-state index in [0.29, 0.717) is 11.1 Å². The van der Waals surface area contributed by atoms with Crippen molar-refractivity contribution in [2.45, 2.75) is 6.54 Å². The Morgan fingerprint density at radius 1 is 1.18 bits per heavy atom. The second-order valence-corrected chi connectivity index (χ2v) is 3.67. The van der Waals surface area contributed by atoms with Crippen LogP contribution in [-0.2, 0) is 6.54 Å². The first kappa shape index (κ1) is 11.0. The highest BCUT2D eigenvalue weighted by atomic mass is 16.1. The molecule has 2 aromatic rings. The molecule has 0 saturated heterocycles. The minimum atomic E-state index is 0.0330. The summed E-state index contributed by atoms with van der Waals surface area (Å²) in [5.41, 5.74) is 1.23. The van der Waals surface area contributed by atoms with E-state index in [1.165, 1.54) is 0 Å². The average molecular weight is 223 g/mol. The van der Waals surface area contributed by atoms with Gasteiger partial charge in [-0.15, -0.1) is 0 Å². The molecule has 0 spiro atoms. The summed E-state index contributed by atoms with van der Waals surface area (Å²) in [5.74, 6) is 0.0330. The number of Topliss-reactive ketones (excluding diaryl/α,β-unsaturated/α-hetero) is 1. The Bertz CT molecular complexity index is 570. The largest absolute Gasteiger partial charge is 0.287 e. The zero-order valence-electron chi connectivity index (χ0n) is 9.21. The number of nitriles is 1. The molecule has 0 aliphatic heterocycles. The van der Waals surface area contributed by atoms with Gasteiger partial charge in [-0.3, -0.25) is 4.79 Å². The fourth-order valence-corrected chi connectivity index (χ4v) is 1.57. The van der Waals surface area contributed by atoms with E-state index in [0.717, 1.165) is 0 Å². The zero-order valence-corrected chi connectivity index (χ0v) is 9.21. The predicted octanol–water partition coefficient (Wildman–Crippen LogP) is 1.73. The van der Waals surface area contributed by atoms with E-state index >= 15 is 0 Å². The Balaban J connectivity index is 2.17. The summed E-state index contributed by atoms with van der Waals surface area (Å²) in [4.78, 5) is 11.9. The molecular formula is C14H11N2O+. The number of carbonyl (C=O) groups is 1. The first-order valence-corrected chi connectivity index (χ1v) is 5.27. The molecule has 0 saturated carbocycles. The van der Waals surface area contributed by atoms with Gasteiger partial charge in [0.15, 0.2) is 12.4 Å². The second kappa shape index (κ2) is 5.04. The Hall–Kier alpha value is -2.47. The highest BCUT2D eigenvalue weighted by Gasteiger charge is 2.11. The monoisotopic (exact) mass is 223 g/mol. The molecule has 3 heteroatoms. The van der Waals surface area contributed by atoms with Gasteiger partial charge in [-0.05, 0) is 6.07 Å². The van der Waals surface area contributed by atoms with Crippen molar-refractivity contribution in [1.29, 1.82) is 5.26 Å². The van der Waals surface area contributed by atoms with Crippen molar-refractivity contribution in [2.75, 3.05) is 0 Å². The van der Waals surface area contributed by atoms with Crippen LogP contribution in [0.3, 0.4) is 0 Å². The summed E-state index contributed by atoms with van der Waals surface area (Å²) in [6, 6.07) is 14.6. The van der Waals surface area contributed by atoms with E-state index < -0.39 is 0 Å². The number of carbonyl (C=O) groups excluding carboxylic acids is 1. The van der Waals surface area contributed by atoms with Crippen molar-refractivity contribution in [3.8, 4) is 6.07 Å². The highest BCUT2D eigenvalue weighted by Crippen LogP contribution is 2.00. The van der Waals surface area contributed by atoms with Crippen molar-refractivity contribution in [3.05, 3.63) is 66.0 Å². The number of ketones is 1. The normalized spacial score (nSPS) is 9.59. The lowest BCUT2D eigenvalue weighted by Gasteiger charge is -1.97. The maximum absolute atomic E-state index is 11.9. The van der Waals surface area contributed by atoms with Gasteiger partial charge in [0.25, 0.3) is 0 Å². The third-order valence-electron chi connectivity index (χ3n) is 2.41. The molecule has 0 fully saturated rings. The number of nitrogens with zero attached hydrogens (tertiary/aromatic N) is 2. The standard InChI is InChI=1S/C14H11N2O/c15-9-12-5-4-8-16(10-12)11-14(17)13-6-2-1-3-7-13/h1-8,10H,11H2/q+1. The van der Waals surface area contributed by atoms with Crippen LogP contribution < -0.4 is 4.57 Å². The summed E-state index contributed by atoms with van der Waals surface area (Å²) in [6.45, 7) is 0.250. The fraction of sp³-hybridized carbons (Fsp3) is 0.0714. The van der Waals surface area contributed by atoms with E-state index in [1.54, 1.807) is 41.2 Å². The molecular weight excluding hydrogens is 212 g/mol. The summed E-state index contributed by atoms with van der Waals surface area (Å²) in [7, 11) is 0. The molecule has 0 radical (unpaired) electrons. The molecule has 82 valence electrons. The van der Waals surface area contributed by atoms with E-state index in [9.17, 15) is 4.79 Å². The third kappa shape index (κ3) is 2.76. The SMILES string of the molecule is N#Cc1ccc[n+](CC(=O)c2ccccc2)c1. The van der Waals surface area contributed by atoms with Crippen LogP contribution in [0.2, 0.25) is 0 Å². The number of pyridine rings is 1. The van der Waals surface area contributed by atoms with E-state index in [4.69, 9.17) is 5.26 Å². The molecule has 0 amide bonds. The molecule has 3 nitrogen and oxygen atoms in total. The van der Waals surface area contributed by atoms with Crippen LogP contribution in [0.4, 0.5) is 0 Å². The number of aromatic nitrogens is 1. The second-order valence-electron chi connectivity index (χ2n) is 3.67. The van der Waals surface area contributed by atoms with Crippen LogP contribution >= 0.6 is 0 Å². The van der Waals surface area contributed by atoms with Gasteiger partial charge in [0, 0.05) is 11.6 Å². The van der Waals surface area contributed by atoms with Gasteiger partial charge in [0.2, 0.25) is 12.3 Å². The molecule has 0 atom stereocenters. The molecule has 0 unspecified atom stereocenters. The number of hydrogen-bond acceptors (Lipinski definition) is 2. The lowest BCUT2D eigenvalue weighted by atomic mass is 10.1. The Morgan fingerprint density at radius 2 is 1.94 bits per heavy atom. The molecule has 0 bridgehead atoms. The summed E-state index contributed by atoms with van der Waals surface area (Å²) in [5, 5.41) is 8.76. The van der Waals surface area contributed by atoms with Gasteiger partial charge >= 0.3 is 0 Å². The molecule has 0 N–H and O–H groups in total. The van der Waals surface area contributed by atoms with Gasteiger partial charge in [0.1, 0.15) is 11.6 Å². The number of hydrogen-bond donors (Lipinski definition) is 0. The Labute approximate surface area is 99.6 Å². The van der Waals surface area contributed by atoms with Crippen LogP contribution in [0, 0.1) is 11.3 Å². The quantitative estimate of drug-likeness (QED) is 0.587. The van der Waals surface area contributed by atoms with Crippen molar-refractivity contribution in [2.24, 2.45) is 0 Å². The van der Waals surface area contributed by atoms with Crippen LogP contribution in [0.1, 0.15) is 15.9 Å². The Morgan fingerprint density at radius 3 is 2.65 bits per heavy atom. The average Bonchev–Trinajstić information content (AvgIpc) is 2.40. The lowest BCUT2D eigenvalue weighted by Crippen LogP contribution is -2.37. The number of rotatable bonds is 3. The summed E-state index contributed by atoms with van der Waals surface area (Å²) in [6.07, 6.45) is 3.45. The lowest BCUT2D eigenvalue weighted by molar-refractivity contribution is -0.683. The van der Waals surface area contributed by atoms with Gasteiger partial charge in [-0.25, -0.2) is 0 Å². The Kier molecular flexibility index (Phi) is 3.27. The van der Waals surface area contributed by atoms with Crippen molar-refractivity contribution in [3.63, 3.8) is 0 Å². The molecule has 1 aromatic carbocycles. The minimum Gasteiger partial charge on any atom is -0.287 e. The zero-order chi connectivity index (χ0) is 12.1. The van der Waals surface area contributed by atoms with Gasteiger partial charge in [0.05, 0.1) is 0 Å². The maximum Gasteiger partial charge on any atom is 0.227 e. The van der Waals surface area contributed by atoms with E-state index in [-0.39, 0.29) is 12.3 Å². The molecule has 0 aliphatic rings. The van der Waals surface area contributed by atoms with Gasteiger partial charge in [-0.1, -0.05) is 30.3 Å². The predicted molar refractivity (Wildman–Crippen MR) is 62.1 cm³/mol. The van der Waals surface area contributed by atoms with Gasteiger partial charge < -0.3 is 0 Å². The molecule has 17 heavy (non-hydrogen) atoms. The maximum atomic E-state index is 11.9. The van der Waals surface area contributed by atoms with Crippen molar-refractivity contribution < 1.29 is 9.36 Å². The third-order valence-corrected chi connectivity index (χ3v) is 2.41. The molecule has 1 heterocycles. The summed E-state index contributed by atoms with van der Waals surface area (Å²) >= 11 is 0. The van der Waals surface area contributed by atoms with E-state index in [2.05, 4.69) is 0 Å². The number of benzene rings is 1. The highest BCUT2D eigenvalue weighted by molar-refractivity contribution is 5.94. The topological polar surface area (TPSA) is 44.7 Å². The first-order chi connectivity index (χ1) is 8.29. The van der Waals surface area contributed by atoms with Crippen molar-refractivity contribution >= 4 is 5.78 Å². The molecule has 0 aliphatic carbocycles. The summed E-state index contributed by atoms with van der Waals surface area (Å²) < 4.78 is 1.72. The minimum absolute atomic E-state index is 0.0330. The smallest absolute Gasteiger partial charge is 0.227 e. The van der Waals surface area contributed by atoms with Crippen LogP contribution in [0.25, 0.3) is 0 Å².